The average Bonchev–Trinajstić information content (AvgIpc) is 3.39. The van der Waals surface area contributed by atoms with Crippen LogP contribution < -0.4 is 0 Å². The first-order valence-corrected chi connectivity index (χ1v) is 11.1. The second-order valence-electron chi connectivity index (χ2n) is 9.33. The number of amides is 1. The lowest BCUT2D eigenvalue weighted by molar-refractivity contribution is 0.00177. The molecule has 0 bridgehead atoms. The summed E-state index contributed by atoms with van der Waals surface area (Å²) in [5.41, 5.74) is 1.99. The van der Waals surface area contributed by atoms with E-state index in [0.29, 0.717) is 11.5 Å². The van der Waals surface area contributed by atoms with Crippen LogP contribution in [0.15, 0.2) is 54.9 Å². The quantitative estimate of drug-likeness (QED) is 0.695. The first kappa shape index (κ1) is 18.7. The van der Waals surface area contributed by atoms with Crippen LogP contribution in [0.1, 0.15) is 52.2 Å². The Morgan fingerprint density at radius 3 is 2.68 bits per heavy atom. The van der Waals surface area contributed by atoms with Gasteiger partial charge in [-0.3, -0.25) is 19.8 Å². The molecule has 158 valence electrons. The number of hydrogen-bond acceptors (Lipinski definition) is 5. The van der Waals surface area contributed by atoms with E-state index in [1.54, 1.807) is 12.4 Å². The highest BCUT2D eigenvalue weighted by molar-refractivity contribution is 5.94. The molecule has 2 aliphatic heterocycles. The van der Waals surface area contributed by atoms with Crippen LogP contribution in [0.3, 0.4) is 0 Å². The Labute approximate surface area is 181 Å². The summed E-state index contributed by atoms with van der Waals surface area (Å²) in [6.45, 7) is 4.30. The van der Waals surface area contributed by atoms with Crippen molar-refractivity contribution in [3.63, 3.8) is 0 Å². The summed E-state index contributed by atoms with van der Waals surface area (Å²) in [6, 6.07) is 14.3. The molecule has 6 rings (SSSR count). The van der Waals surface area contributed by atoms with Crippen molar-refractivity contribution < 1.29 is 4.79 Å². The Bertz CT molecular complexity index is 1070. The molecule has 7 heteroatoms. The number of carbonyl (C=O) groups excluding carboxylic acids is 1. The molecule has 4 heterocycles. The van der Waals surface area contributed by atoms with Gasteiger partial charge in [-0.05, 0) is 30.5 Å². The van der Waals surface area contributed by atoms with E-state index < -0.39 is 0 Å². The van der Waals surface area contributed by atoms with Gasteiger partial charge in [-0.2, -0.15) is 5.10 Å². The Hall–Kier alpha value is -3.06. The van der Waals surface area contributed by atoms with Gasteiger partial charge < -0.3 is 4.90 Å². The second-order valence-corrected chi connectivity index (χ2v) is 9.33. The van der Waals surface area contributed by atoms with Gasteiger partial charge in [0.1, 0.15) is 5.82 Å². The van der Waals surface area contributed by atoms with E-state index in [2.05, 4.69) is 50.4 Å². The third-order valence-electron chi connectivity index (χ3n) is 6.97. The highest BCUT2D eigenvalue weighted by Gasteiger charge is 2.57. The monoisotopic (exact) mass is 414 g/mol. The van der Waals surface area contributed by atoms with Gasteiger partial charge in [0.05, 0.1) is 5.56 Å². The van der Waals surface area contributed by atoms with Gasteiger partial charge in [-0.1, -0.05) is 30.3 Å². The van der Waals surface area contributed by atoms with Gasteiger partial charge in [0, 0.05) is 62.4 Å². The van der Waals surface area contributed by atoms with Gasteiger partial charge in [-0.25, -0.2) is 4.98 Å². The van der Waals surface area contributed by atoms with E-state index in [4.69, 9.17) is 4.98 Å². The van der Waals surface area contributed by atoms with Crippen molar-refractivity contribution >= 4 is 5.91 Å². The maximum absolute atomic E-state index is 12.9. The van der Waals surface area contributed by atoms with Crippen LogP contribution in [0.25, 0.3) is 0 Å². The minimum Gasteiger partial charge on any atom is -0.337 e. The standard InChI is InChI=1S/C24H26N6O/c31-23(19-7-4-10-25-11-19)30-15-24(16-30)14-29(12-17-5-2-1-3-6-17)13-20(24)22-26-21(27-28-22)18-8-9-18/h1-7,10-11,18,20H,8-9,12-16H2,(H,26,27,28). The van der Waals surface area contributed by atoms with Crippen LogP contribution in [-0.2, 0) is 6.54 Å². The van der Waals surface area contributed by atoms with E-state index in [0.717, 1.165) is 44.4 Å². The Morgan fingerprint density at radius 2 is 1.94 bits per heavy atom. The summed E-state index contributed by atoms with van der Waals surface area (Å²) >= 11 is 0. The van der Waals surface area contributed by atoms with E-state index in [-0.39, 0.29) is 17.2 Å². The number of hydrogen-bond donors (Lipinski definition) is 1. The van der Waals surface area contributed by atoms with Crippen LogP contribution in [0.2, 0.25) is 0 Å². The summed E-state index contributed by atoms with van der Waals surface area (Å²) in [6.07, 6.45) is 5.74. The molecule has 7 nitrogen and oxygen atoms in total. The number of likely N-dealkylation sites (tertiary alicyclic amines) is 2. The van der Waals surface area contributed by atoms with Crippen molar-refractivity contribution in [3.8, 4) is 0 Å². The fraction of sp³-hybridized carbons (Fsp3) is 0.417. The zero-order chi connectivity index (χ0) is 20.8. The zero-order valence-corrected chi connectivity index (χ0v) is 17.4. The highest BCUT2D eigenvalue weighted by atomic mass is 16.2. The number of rotatable bonds is 5. The fourth-order valence-corrected chi connectivity index (χ4v) is 5.23. The number of nitrogens with zero attached hydrogens (tertiary/aromatic N) is 5. The number of aromatic amines is 1. The lowest BCUT2D eigenvalue weighted by Crippen LogP contribution is -2.61. The van der Waals surface area contributed by atoms with Crippen molar-refractivity contribution in [2.75, 3.05) is 26.2 Å². The third kappa shape index (κ3) is 3.43. The number of carbonyl (C=O) groups is 1. The molecule has 1 unspecified atom stereocenters. The van der Waals surface area contributed by atoms with E-state index >= 15 is 0 Å². The van der Waals surface area contributed by atoms with Crippen LogP contribution in [0.5, 0.6) is 0 Å². The average molecular weight is 415 g/mol. The van der Waals surface area contributed by atoms with Crippen molar-refractivity contribution in [3.05, 3.63) is 77.6 Å². The van der Waals surface area contributed by atoms with Crippen LogP contribution in [0, 0.1) is 5.41 Å². The molecule has 3 fully saturated rings. The van der Waals surface area contributed by atoms with Crippen molar-refractivity contribution in [2.24, 2.45) is 5.41 Å². The maximum Gasteiger partial charge on any atom is 0.255 e. The molecule has 1 saturated carbocycles. The van der Waals surface area contributed by atoms with Crippen molar-refractivity contribution in [1.82, 2.24) is 30.0 Å². The van der Waals surface area contributed by atoms with Crippen molar-refractivity contribution in [1.29, 1.82) is 0 Å². The highest BCUT2D eigenvalue weighted by Crippen LogP contribution is 2.49. The van der Waals surface area contributed by atoms with Gasteiger partial charge >= 0.3 is 0 Å². The van der Waals surface area contributed by atoms with Gasteiger partial charge in [-0.15, -0.1) is 0 Å². The molecule has 3 aliphatic rings. The molecule has 1 spiro atoms. The molecule has 2 saturated heterocycles. The summed E-state index contributed by atoms with van der Waals surface area (Å²) < 4.78 is 0. The van der Waals surface area contributed by atoms with Gasteiger partial charge in [0.15, 0.2) is 5.82 Å². The molecule has 1 N–H and O–H groups in total. The third-order valence-corrected chi connectivity index (χ3v) is 6.97. The normalized spacial score (nSPS) is 22.6. The van der Waals surface area contributed by atoms with Gasteiger partial charge in [0.2, 0.25) is 0 Å². The van der Waals surface area contributed by atoms with Crippen LogP contribution in [0.4, 0.5) is 0 Å². The molecule has 31 heavy (non-hydrogen) atoms. The largest absolute Gasteiger partial charge is 0.337 e. The smallest absolute Gasteiger partial charge is 0.255 e. The number of pyridine rings is 1. The van der Waals surface area contributed by atoms with Gasteiger partial charge in [0.25, 0.3) is 5.91 Å². The fourth-order valence-electron chi connectivity index (χ4n) is 5.23. The molecule has 1 aromatic carbocycles. The van der Waals surface area contributed by atoms with Crippen molar-refractivity contribution in [2.45, 2.75) is 31.2 Å². The van der Waals surface area contributed by atoms with E-state index in [1.165, 1.54) is 18.4 Å². The minimum absolute atomic E-state index is 0.0208. The Balaban J connectivity index is 1.23. The molecule has 2 aromatic heterocycles. The molecular formula is C24H26N6O. The lowest BCUT2D eigenvalue weighted by atomic mass is 9.71. The second kappa shape index (κ2) is 7.27. The number of nitrogens with one attached hydrogen (secondary N) is 1. The predicted octanol–water partition coefficient (Wildman–Crippen LogP) is 2.82. The zero-order valence-electron chi connectivity index (χ0n) is 17.4. The lowest BCUT2D eigenvalue weighted by Gasteiger charge is -2.50. The summed E-state index contributed by atoms with van der Waals surface area (Å²) in [5.74, 6) is 2.82. The van der Waals surface area contributed by atoms with Crippen LogP contribution in [-0.4, -0.2) is 62.1 Å². The molecule has 1 amide bonds. The first-order chi connectivity index (χ1) is 15.2. The first-order valence-electron chi connectivity index (χ1n) is 11.1. The number of H-pyrrole nitrogens is 1. The summed E-state index contributed by atoms with van der Waals surface area (Å²) in [7, 11) is 0. The molecule has 1 atom stereocenters. The number of aromatic nitrogens is 4. The molecule has 1 aliphatic carbocycles. The maximum atomic E-state index is 12.9. The number of benzene rings is 1. The van der Waals surface area contributed by atoms with Crippen LogP contribution >= 0.6 is 0 Å². The van der Waals surface area contributed by atoms with E-state index in [1.807, 2.05) is 17.0 Å². The summed E-state index contributed by atoms with van der Waals surface area (Å²) in [5, 5.41) is 7.77. The topological polar surface area (TPSA) is 78.0 Å². The molecular weight excluding hydrogens is 388 g/mol. The minimum atomic E-state index is 0.0208. The summed E-state index contributed by atoms with van der Waals surface area (Å²) in [4.78, 5) is 26.4. The Morgan fingerprint density at radius 1 is 1.10 bits per heavy atom. The Kier molecular flexibility index (Phi) is 4.38. The SMILES string of the molecule is O=C(c1cccnc1)N1CC2(CN(Cc3ccccc3)CC2c2nc(C3CC3)n[nH]2)C1. The molecule has 0 radical (unpaired) electrons. The van der Waals surface area contributed by atoms with E-state index in [9.17, 15) is 4.79 Å². The predicted molar refractivity (Wildman–Crippen MR) is 115 cm³/mol. The molecule has 3 aromatic rings.